The second-order valence-electron chi connectivity index (χ2n) is 6.59. The Morgan fingerprint density at radius 1 is 1.03 bits per heavy atom. The highest BCUT2D eigenvalue weighted by atomic mass is 19.4. The van der Waals surface area contributed by atoms with Gasteiger partial charge in [-0.3, -0.25) is 4.79 Å². The molecule has 152 valence electrons. The summed E-state index contributed by atoms with van der Waals surface area (Å²) < 4.78 is 45.0. The molecule has 1 aliphatic heterocycles. The van der Waals surface area contributed by atoms with Crippen molar-refractivity contribution in [1.29, 1.82) is 5.26 Å². The molecule has 0 radical (unpaired) electrons. The standard InChI is InChI=1S/C21H20F3N3O2/c22-21(23,24)18-7-4-8-19(17(18)15-25)26-10-12-27(13-11-26)20(28)9-14-29-16-5-2-1-3-6-16/h1-8H,9-14H2. The summed E-state index contributed by atoms with van der Waals surface area (Å²) in [7, 11) is 0. The Morgan fingerprint density at radius 2 is 1.72 bits per heavy atom. The average Bonchev–Trinajstić information content (AvgIpc) is 2.73. The van der Waals surface area contributed by atoms with Gasteiger partial charge in [-0.2, -0.15) is 18.4 Å². The molecule has 1 saturated heterocycles. The first-order valence-electron chi connectivity index (χ1n) is 9.21. The lowest BCUT2D eigenvalue weighted by Crippen LogP contribution is -2.49. The first kappa shape index (κ1) is 20.5. The van der Waals surface area contributed by atoms with Crippen molar-refractivity contribution in [3.05, 3.63) is 59.7 Å². The Balaban J connectivity index is 1.57. The van der Waals surface area contributed by atoms with Crippen LogP contribution in [0.15, 0.2) is 48.5 Å². The minimum absolute atomic E-state index is 0.0647. The number of hydrogen-bond donors (Lipinski definition) is 0. The molecular weight excluding hydrogens is 383 g/mol. The number of carbonyl (C=O) groups is 1. The maximum Gasteiger partial charge on any atom is 0.417 e. The molecule has 5 nitrogen and oxygen atoms in total. The monoisotopic (exact) mass is 403 g/mol. The van der Waals surface area contributed by atoms with Crippen LogP contribution in [0, 0.1) is 11.3 Å². The predicted molar refractivity (Wildman–Crippen MR) is 102 cm³/mol. The van der Waals surface area contributed by atoms with Gasteiger partial charge in [0.25, 0.3) is 0 Å². The molecule has 8 heteroatoms. The van der Waals surface area contributed by atoms with Gasteiger partial charge >= 0.3 is 6.18 Å². The highest BCUT2D eigenvalue weighted by Crippen LogP contribution is 2.36. The molecule has 0 aliphatic carbocycles. The summed E-state index contributed by atoms with van der Waals surface area (Å²) in [4.78, 5) is 15.8. The third kappa shape index (κ3) is 4.99. The van der Waals surface area contributed by atoms with Crippen molar-refractivity contribution in [2.24, 2.45) is 0 Å². The zero-order chi connectivity index (χ0) is 20.9. The molecule has 1 fully saturated rings. The zero-order valence-corrected chi connectivity index (χ0v) is 15.7. The number of halogens is 3. The van der Waals surface area contributed by atoms with Gasteiger partial charge < -0.3 is 14.5 Å². The van der Waals surface area contributed by atoms with E-state index in [1.807, 2.05) is 30.3 Å². The molecule has 2 aromatic carbocycles. The number of alkyl halides is 3. The van der Waals surface area contributed by atoms with Gasteiger partial charge in [0.1, 0.15) is 11.8 Å². The van der Waals surface area contributed by atoms with Gasteiger partial charge in [0, 0.05) is 26.2 Å². The van der Waals surface area contributed by atoms with E-state index in [2.05, 4.69) is 0 Å². The number of anilines is 1. The van der Waals surface area contributed by atoms with E-state index in [4.69, 9.17) is 4.74 Å². The van der Waals surface area contributed by atoms with Crippen LogP contribution in [0.3, 0.4) is 0 Å². The van der Waals surface area contributed by atoms with Gasteiger partial charge in [0.15, 0.2) is 0 Å². The number of amides is 1. The van der Waals surface area contributed by atoms with Crippen LogP contribution in [0.1, 0.15) is 17.5 Å². The van der Waals surface area contributed by atoms with Gasteiger partial charge in [0.05, 0.1) is 29.8 Å². The van der Waals surface area contributed by atoms with Gasteiger partial charge in [-0.15, -0.1) is 0 Å². The van der Waals surface area contributed by atoms with Crippen LogP contribution in [-0.2, 0) is 11.0 Å². The Labute approximate surface area is 166 Å². The second kappa shape index (κ2) is 8.86. The largest absolute Gasteiger partial charge is 0.493 e. The van der Waals surface area contributed by atoms with E-state index in [1.54, 1.807) is 15.9 Å². The van der Waals surface area contributed by atoms with E-state index in [0.717, 1.165) is 6.07 Å². The third-order valence-corrected chi connectivity index (χ3v) is 4.76. The topological polar surface area (TPSA) is 56.6 Å². The van der Waals surface area contributed by atoms with Crippen LogP contribution in [0.25, 0.3) is 0 Å². The maximum atomic E-state index is 13.2. The SMILES string of the molecule is N#Cc1c(N2CCN(C(=O)CCOc3ccccc3)CC2)cccc1C(F)(F)F. The molecular formula is C21H20F3N3O2. The van der Waals surface area contributed by atoms with Crippen LogP contribution in [-0.4, -0.2) is 43.6 Å². The Bertz CT molecular complexity index is 886. The summed E-state index contributed by atoms with van der Waals surface area (Å²) >= 11 is 0. The van der Waals surface area contributed by atoms with E-state index in [0.29, 0.717) is 31.9 Å². The molecule has 2 aromatic rings. The van der Waals surface area contributed by atoms with Gasteiger partial charge in [-0.1, -0.05) is 24.3 Å². The average molecular weight is 403 g/mol. The van der Waals surface area contributed by atoms with Crippen LogP contribution < -0.4 is 9.64 Å². The number of nitriles is 1. The van der Waals surface area contributed by atoms with Crippen molar-refractivity contribution in [1.82, 2.24) is 4.90 Å². The molecule has 1 aliphatic rings. The molecule has 0 N–H and O–H groups in total. The molecule has 0 aromatic heterocycles. The van der Waals surface area contributed by atoms with Crippen LogP contribution in [0.5, 0.6) is 5.75 Å². The first-order valence-corrected chi connectivity index (χ1v) is 9.21. The Hall–Kier alpha value is -3.21. The number of carbonyl (C=O) groups excluding carboxylic acids is 1. The van der Waals surface area contributed by atoms with E-state index in [1.165, 1.54) is 12.1 Å². The Kier molecular flexibility index (Phi) is 6.27. The number of para-hydroxylation sites is 1. The van der Waals surface area contributed by atoms with Crippen molar-refractivity contribution in [3.63, 3.8) is 0 Å². The summed E-state index contributed by atoms with van der Waals surface area (Å²) in [5.41, 5.74) is -1.06. The third-order valence-electron chi connectivity index (χ3n) is 4.76. The lowest BCUT2D eigenvalue weighted by molar-refractivity contribution is -0.137. The van der Waals surface area contributed by atoms with Gasteiger partial charge in [0.2, 0.25) is 5.91 Å². The fourth-order valence-electron chi connectivity index (χ4n) is 3.29. The minimum Gasteiger partial charge on any atom is -0.493 e. The normalized spacial score (nSPS) is 14.4. The second-order valence-corrected chi connectivity index (χ2v) is 6.59. The van der Waals surface area contributed by atoms with Crippen LogP contribution >= 0.6 is 0 Å². The van der Waals surface area contributed by atoms with E-state index < -0.39 is 11.7 Å². The van der Waals surface area contributed by atoms with Crippen molar-refractivity contribution >= 4 is 11.6 Å². The van der Waals surface area contributed by atoms with E-state index in [9.17, 15) is 23.2 Å². The minimum atomic E-state index is -4.59. The fourth-order valence-corrected chi connectivity index (χ4v) is 3.29. The molecule has 0 unspecified atom stereocenters. The smallest absolute Gasteiger partial charge is 0.417 e. The number of nitrogens with zero attached hydrogens (tertiary/aromatic N) is 3. The number of hydrogen-bond acceptors (Lipinski definition) is 4. The van der Waals surface area contributed by atoms with Crippen LogP contribution in [0.4, 0.5) is 18.9 Å². The van der Waals surface area contributed by atoms with Crippen LogP contribution in [0.2, 0.25) is 0 Å². The number of piperazine rings is 1. The highest BCUT2D eigenvalue weighted by molar-refractivity contribution is 5.76. The lowest BCUT2D eigenvalue weighted by atomic mass is 10.0. The number of ether oxygens (including phenoxy) is 1. The summed E-state index contributed by atoms with van der Waals surface area (Å²) in [6.45, 7) is 1.74. The number of rotatable bonds is 5. The van der Waals surface area contributed by atoms with E-state index in [-0.39, 0.29) is 30.2 Å². The van der Waals surface area contributed by atoms with Crippen molar-refractivity contribution in [2.45, 2.75) is 12.6 Å². The summed E-state index contributed by atoms with van der Waals surface area (Å²) in [6.07, 6.45) is -4.36. The molecule has 0 spiro atoms. The molecule has 0 bridgehead atoms. The summed E-state index contributed by atoms with van der Waals surface area (Å²) in [6, 6.07) is 14.6. The van der Waals surface area contributed by atoms with Crippen molar-refractivity contribution in [3.8, 4) is 11.8 Å². The quantitative estimate of drug-likeness (QED) is 0.764. The summed E-state index contributed by atoms with van der Waals surface area (Å²) in [5, 5.41) is 9.27. The highest BCUT2D eigenvalue weighted by Gasteiger charge is 2.35. The first-order chi connectivity index (χ1) is 13.9. The molecule has 29 heavy (non-hydrogen) atoms. The molecule has 0 atom stereocenters. The molecule has 1 amide bonds. The van der Waals surface area contributed by atoms with E-state index >= 15 is 0 Å². The Morgan fingerprint density at radius 3 is 2.34 bits per heavy atom. The predicted octanol–water partition coefficient (Wildman–Crippen LogP) is 3.69. The lowest BCUT2D eigenvalue weighted by Gasteiger charge is -2.36. The zero-order valence-electron chi connectivity index (χ0n) is 15.7. The summed E-state index contributed by atoms with van der Waals surface area (Å²) in [5.74, 6) is 0.629. The van der Waals surface area contributed by atoms with Crippen molar-refractivity contribution in [2.75, 3.05) is 37.7 Å². The molecule has 3 rings (SSSR count). The number of benzene rings is 2. The fraction of sp³-hybridized carbons (Fsp3) is 0.333. The van der Waals surface area contributed by atoms with Crippen molar-refractivity contribution < 1.29 is 22.7 Å². The molecule has 0 saturated carbocycles. The molecule has 1 heterocycles. The van der Waals surface area contributed by atoms with Gasteiger partial charge in [-0.25, -0.2) is 0 Å². The maximum absolute atomic E-state index is 13.2. The van der Waals surface area contributed by atoms with Gasteiger partial charge in [-0.05, 0) is 24.3 Å².